The first-order chi connectivity index (χ1) is 11.8. The third kappa shape index (κ3) is 3.98. The summed E-state index contributed by atoms with van der Waals surface area (Å²) >= 11 is 0. The van der Waals surface area contributed by atoms with Crippen molar-refractivity contribution in [3.05, 3.63) is 66.0 Å². The van der Waals surface area contributed by atoms with E-state index in [-0.39, 0.29) is 5.56 Å². The molecule has 1 heterocycles. The molecule has 3 rings (SSSR count). The number of aryl methyl sites for hydroxylation is 1. The number of aromatic nitrogens is 2. The van der Waals surface area contributed by atoms with Gasteiger partial charge in [-0.3, -0.25) is 9.78 Å². The highest BCUT2D eigenvalue weighted by molar-refractivity contribution is 5.69. The summed E-state index contributed by atoms with van der Waals surface area (Å²) in [6, 6.07) is 12.8. The van der Waals surface area contributed by atoms with Gasteiger partial charge >= 0.3 is 6.18 Å². The lowest BCUT2D eigenvalue weighted by atomic mass is 9.99. The average molecular weight is 346 g/mol. The van der Waals surface area contributed by atoms with Crippen LogP contribution in [0.4, 0.5) is 13.2 Å². The van der Waals surface area contributed by atoms with Gasteiger partial charge in [0.2, 0.25) is 0 Å². The minimum atomic E-state index is -4.36. The number of rotatable bonds is 5. The fourth-order valence-electron chi connectivity index (χ4n) is 2.79. The molecule has 0 fully saturated rings. The molecule has 0 aliphatic carbocycles. The molecule has 0 saturated carbocycles. The molecule has 0 aliphatic rings. The van der Waals surface area contributed by atoms with Crippen molar-refractivity contribution in [2.45, 2.75) is 32.9 Å². The van der Waals surface area contributed by atoms with Gasteiger partial charge < -0.3 is 0 Å². The molecule has 0 amide bonds. The number of aromatic amines is 1. The molecule has 3 aromatic rings. The fourth-order valence-corrected chi connectivity index (χ4v) is 2.79. The number of hydrogen-bond donors (Lipinski definition) is 1. The topological polar surface area (TPSA) is 20.7 Å². The molecule has 0 radical (unpaired) electrons. The first-order valence-corrected chi connectivity index (χ1v) is 8.38. The molecule has 0 bridgehead atoms. The molecule has 2 nitrogen and oxygen atoms in total. The van der Waals surface area contributed by atoms with Gasteiger partial charge in [0.25, 0.3) is 0 Å². The van der Waals surface area contributed by atoms with Gasteiger partial charge in [-0.1, -0.05) is 44.2 Å². The van der Waals surface area contributed by atoms with Crippen LogP contribution in [0.15, 0.2) is 54.7 Å². The van der Waals surface area contributed by atoms with Crippen LogP contribution in [0, 0.1) is 5.92 Å². The third-order valence-electron chi connectivity index (χ3n) is 4.23. The highest BCUT2D eigenvalue weighted by Crippen LogP contribution is 2.37. The smallest absolute Gasteiger partial charge is 0.297 e. The van der Waals surface area contributed by atoms with E-state index in [1.165, 1.54) is 17.8 Å². The second-order valence-electron chi connectivity index (χ2n) is 6.66. The van der Waals surface area contributed by atoms with E-state index in [1.54, 1.807) is 18.2 Å². The Kier molecular flexibility index (Phi) is 4.75. The Morgan fingerprint density at radius 2 is 1.64 bits per heavy atom. The monoisotopic (exact) mass is 346 g/mol. The molecular formula is C20H21F3N2. The summed E-state index contributed by atoms with van der Waals surface area (Å²) in [5, 5.41) is 3.26. The third-order valence-corrected chi connectivity index (χ3v) is 4.23. The van der Waals surface area contributed by atoms with Gasteiger partial charge in [-0.05, 0) is 48.1 Å². The molecular weight excluding hydrogens is 325 g/mol. The SMILES string of the molecule is CC(C)CCc1cn(-c2ccc(-c3ccccc3C(F)(F)F)cc2)[nH]1. The summed E-state index contributed by atoms with van der Waals surface area (Å²) in [5.74, 6) is 0.657. The van der Waals surface area contributed by atoms with Crippen molar-refractivity contribution in [3.63, 3.8) is 0 Å². The van der Waals surface area contributed by atoms with E-state index in [2.05, 4.69) is 18.9 Å². The van der Waals surface area contributed by atoms with Crippen molar-refractivity contribution in [1.82, 2.24) is 9.78 Å². The molecule has 1 N–H and O–H groups in total. The second kappa shape index (κ2) is 6.82. The number of nitrogens with one attached hydrogen (secondary N) is 1. The van der Waals surface area contributed by atoms with E-state index in [4.69, 9.17) is 0 Å². The predicted molar refractivity (Wildman–Crippen MR) is 93.7 cm³/mol. The Labute approximate surface area is 145 Å². The number of benzene rings is 2. The standard InChI is InChI=1S/C20H21F3N2/c1-14(2)7-10-16-13-25(24-16)17-11-8-15(9-12-17)18-5-3-4-6-19(18)20(21,22)23/h3-6,8-9,11-14,24H,7,10H2,1-2H3. The van der Waals surface area contributed by atoms with Gasteiger partial charge in [0.05, 0.1) is 16.9 Å². The maximum Gasteiger partial charge on any atom is 0.417 e. The van der Waals surface area contributed by atoms with E-state index in [9.17, 15) is 13.2 Å². The Bertz CT molecular complexity index is 811. The van der Waals surface area contributed by atoms with Crippen molar-refractivity contribution in [2.75, 3.05) is 0 Å². The minimum Gasteiger partial charge on any atom is -0.297 e. The highest BCUT2D eigenvalue weighted by Gasteiger charge is 2.33. The summed E-state index contributed by atoms with van der Waals surface area (Å²) in [6.45, 7) is 4.38. The van der Waals surface area contributed by atoms with Crippen LogP contribution in [-0.4, -0.2) is 9.78 Å². The van der Waals surface area contributed by atoms with Crippen LogP contribution in [0.2, 0.25) is 0 Å². The molecule has 25 heavy (non-hydrogen) atoms. The van der Waals surface area contributed by atoms with Gasteiger partial charge in [0, 0.05) is 6.20 Å². The summed E-state index contributed by atoms with van der Waals surface area (Å²) < 4.78 is 41.3. The average Bonchev–Trinajstić information content (AvgIpc) is 2.53. The molecule has 0 saturated heterocycles. The van der Waals surface area contributed by atoms with Crippen molar-refractivity contribution in [1.29, 1.82) is 0 Å². The Balaban J connectivity index is 1.79. The number of halogens is 3. The minimum absolute atomic E-state index is 0.200. The van der Waals surface area contributed by atoms with E-state index in [0.717, 1.165) is 24.6 Å². The largest absolute Gasteiger partial charge is 0.417 e. The molecule has 0 atom stereocenters. The van der Waals surface area contributed by atoms with Crippen molar-refractivity contribution < 1.29 is 13.2 Å². The normalized spacial score (nSPS) is 12.1. The van der Waals surface area contributed by atoms with E-state index in [0.29, 0.717) is 11.5 Å². The molecule has 0 unspecified atom stereocenters. The zero-order chi connectivity index (χ0) is 18.0. The number of alkyl halides is 3. The van der Waals surface area contributed by atoms with Gasteiger partial charge in [-0.25, -0.2) is 0 Å². The molecule has 5 heteroatoms. The maximum atomic E-state index is 13.2. The van der Waals surface area contributed by atoms with E-state index in [1.807, 2.05) is 23.0 Å². The van der Waals surface area contributed by atoms with Gasteiger partial charge in [-0.2, -0.15) is 13.2 Å². The molecule has 132 valence electrons. The lowest BCUT2D eigenvalue weighted by Crippen LogP contribution is -2.11. The predicted octanol–water partition coefficient (Wildman–Crippen LogP) is 6.08. The van der Waals surface area contributed by atoms with Crippen molar-refractivity contribution in [2.24, 2.45) is 5.92 Å². The first kappa shape index (κ1) is 17.4. The van der Waals surface area contributed by atoms with Crippen LogP contribution in [0.25, 0.3) is 16.8 Å². The zero-order valence-corrected chi connectivity index (χ0v) is 14.3. The molecule has 0 aliphatic heterocycles. The van der Waals surface area contributed by atoms with E-state index >= 15 is 0 Å². The van der Waals surface area contributed by atoms with Crippen LogP contribution in [-0.2, 0) is 12.6 Å². The first-order valence-electron chi connectivity index (χ1n) is 8.38. The van der Waals surface area contributed by atoms with Crippen LogP contribution in [0.1, 0.15) is 31.5 Å². The van der Waals surface area contributed by atoms with Gasteiger partial charge in [0.15, 0.2) is 0 Å². The summed E-state index contributed by atoms with van der Waals surface area (Å²) in [6.07, 6.45) is -0.200. The quantitative estimate of drug-likeness (QED) is 0.578. The number of hydrogen-bond acceptors (Lipinski definition) is 0. The lowest BCUT2D eigenvalue weighted by Gasteiger charge is -2.17. The van der Waals surface area contributed by atoms with Crippen LogP contribution < -0.4 is 0 Å². The van der Waals surface area contributed by atoms with E-state index < -0.39 is 11.7 Å². The molecule has 0 spiro atoms. The van der Waals surface area contributed by atoms with Gasteiger partial charge in [0.1, 0.15) is 0 Å². The summed E-state index contributed by atoms with van der Waals surface area (Å²) in [7, 11) is 0. The second-order valence-corrected chi connectivity index (χ2v) is 6.66. The molecule has 1 aromatic heterocycles. The maximum absolute atomic E-state index is 13.2. The van der Waals surface area contributed by atoms with Crippen molar-refractivity contribution >= 4 is 0 Å². The lowest BCUT2D eigenvalue weighted by molar-refractivity contribution is -0.137. The fraction of sp³-hybridized carbons (Fsp3) is 0.300. The van der Waals surface area contributed by atoms with Gasteiger partial charge in [-0.15, -0.1) is 0 Å². The van der Waals surface area contributed by atoms with Crippen molar-refractivity contribution in [3.8, 4) is 16.8 Å². The number of H-pyrrole nitrogens is 1. The Hall–Kier alpha value is -2.43. The summed E-state index contributed by atoms with van der Waals surface area (Å²) in [4.78, 5) is 0. The Morgan fingerprint density at radius 1 is 1.00 bits per heavy atom. The van der Waals surface area contributed by atoms with Crippen LogP contribution in [0.3, 0.4) is 0 Å². The number of nitrogens with zero attached hydrogens (tertiary/aromatic N) is 1. The molecule has 2 aromatic carbocycles. The Morgan fingerprint density at radius 3 is 2.24 bits per heavy atom. The van der Waals surface area contributed by atoms with Crippen LogP contribution >= 0.6 is 0 Å². The highest BCUT2D eigenvalue weighted by atomic mass is 19.4. The summed E-state index contributed by atoms with van der Waals surface area (Å²) in [5.41, 5.74) is 2.23. The van der Waals surface area contributed by atoms with Crippen LogP contribution in [0.5, 0.6) is 0 Å². The zero-order valence-electron chi connectivity index (χ0n) is 14.3.